The van der Waals surface area contributed by atoms with Gasteiger partial charge in [-0.15, -0.1) is 0 Å². The minimum atomic E-state index is -0.499. The quantitative estimate of drug-likeness (QED) is 0.715. The van der Waals surface area contributed by atoms with Crippen LogP contribution in [-0.2, 0) is 4.79 Å². The average molecular weight is 274 g/mol. The third-order valence-corrected chi connectivity index (χ3v) is 3.69. The van der Waals surface area contributed by atoms with E-state index >= 15 is 0 Å². The Morgan fingerprint density at radius 2 is 2.05 bits per heavy atom. The van der Waals surface area contributed by atoms with Crippen LogP contribution >= 0.6 is 0 Å². The largest absolute Gasteiger partial charge is 0.341 e. The lowest BCUT2D eigenvalue weighted by Crippen LogP contribution is -2.14. The van der Waals surface area contributed by atoms with Crippen molar-refractivity contribution in [2.45, 2.75) is 5.92 Å². The zero-order chi connectivity index (χ0) is 14.4. The molecule has 1 amide bonds. The van der Waals surface area contributed by atoms with Crippen molar-refractivity contribution in [1.82, 2.24) is 9.97 Å². The molecule has 0 aliphatic carbocycles. The van der Waals surface area contributed by atoms with Gasteiger partial charge in [0.1, 0.15) is 11.7 Å². The number of anilines is 1. The number of aromatic nitrogens is 2. The van der Waals surface area contributed by atoms with E-state index in [-0.39, 0.29) is 5.91 Å². The summed E-state index contributed by atoms with van der Waals surface area (Å²) in [7, 11) is 0. The van der Waals surface area contributed by atoms with E-state index < -0.39 is 5.92 Å². The van der Waals surface area contributed by atoms with Gasteiger partial charge in [0.05, 0.1) is 22.7 Å². The van der Waals surface area contributed by atoms with Crippen LogP contribution in [0, 0.1) is 11.3 Å². The zero-order valence-electron chi connectivity index (χ0n) is 10.9. The van der Waals surface area contributed by atoms with E-state index in [1.165, 1.54) is 0 Å². The smallest absolute Gasteiger partial charge is 0.239 e. The molecule has 3 aromatic rings. The summed E-state index contributed by atoms with van der Waals surface area (Å²) in [5.74, 6) is -0.0256. The minimum absolute atomic E-state index is 0.126. The van der Waals surface area contributed by atoms with Crippen LogP contribution in [0.5, 0.6) is 0 Å². The first-order valence-corrected chi connectivity index (χ1v) is 6.56. The highest BCUT2D eigenvalue weighted by atomic mass is 16.2. The Balaban J connectivity index is 1.89. The van der Waals surface area contributed by atoms with Crippen LogP contribution in [0.2, 0.25) is 0 Å². The molecule has 1 aliphatic rings. The van der Waals surface area contributed by atoms with Crippen LogP contribution in [0.3, 0.4) is 0 Å². The Labute approximate surface area is 120 Å². The first-order valence-electron chi connectivity index (χ1n) is 6.56. The molecule has 2 aromatic carbocycles. The van der Waals surface area contributed by atoms with Gasteiger partial charge in [0.25, 0.3) is 0 Å². The van der Waals surface area contributed by atoms with E-state index in [1.54, 1.807) is 18.2 Å². The maximum atomic E-state index is 12.3. The van der Waals surface area contributed by atoms with Crippen LogP contribution in [0.25, 0.3) is 11.0 Å². The van der Waals surface area contributed by atoms with Gasteiger partial charge in [-0.1, -0.05) is 12.1 Å². The molecule has 2 heterocycles. The number of fused-ring (bicyclic) bond motifs is 2. The van der Waals surface area contributed by atoms with Gasteiger partial charge in [0.2, 0.25) is 5.91 Å². The van der Waals surface area contributed by atoms with Crippen LogP contribution < -0.4 is 5.32 Å². The molecule has 0 saturated carbocycles. The van der Waals surface area contributed by atoms with E-state index in [0.717, 1.165) is 22.3 Å². The molecule has 100 valence electrons. The molecule has 1 aromatic heterocycles. The Morgan fingerprint density at radius 1 is 1.19 bits per heavy atom. The lowest BCUT2D eigenvalue weighted by Gasteiger charge is -2.05. The molecule has 1 atom stereocenters. The Bertz CT molecular complexity index is 886. The van der Waals surface area contributed by atoms with Crippen LogP contribution in [0.15, 0.2) is 42.5 Å². The van der Waals surface area contributed by atoms with Gasteiger partial charge >= 0.3 is 0 Å². The molecule has 1 unspecified atom stereocenters. The van der Waals surface area contributed by atoms with E-state index in [2.05, 4.69) is 21.4 Å². The fourth-order valence-electron chi connectivity index (χ4n) is 2.71. The minimum Gasteiger partial charge on any atom is -0.341 e. The van der Waals surface area contributed by atoms with Crippen molar-refractivity contribution >= 4 is 22.6 Å². The van der Waals surface area contributed by atoms with E-state index in [0.29, 0.717) is 11.4 Å². The summed E-state index contributed by atoms with van der Waals surface area (Å²) in [5, 5.41) is 11.9. The summed E-state index contributed by atoms with van der Waals surface area (Å²) in [6.07, 6.45) is 0. The summed E-state index contributed by atoms with van der Waals surface area (Å²) in [6, 6.07) is 14.9. The van der Waals surface area contributed by atoms with Crippen molar-refractivity contribution in [3.63, 3.8) is 0 Å². The molecule has 0 bridgehead atoms. The molecule has 21 heavy (non-hydrogen) atoms. The standard InChI is InChI=1S/C16H10N4O/c17-8-9-5-6-11-10(7-9)14(16(21)20-11)15-18-12-3-1-2-4-13(12)19-15/h1-7,14H,(H,18,19)(H,20,21). The zero-order valence-corrected chi connectivity index (χ0v) is 10.9. The molecule has 0 radical (unpaired) electrons. The predicted molar refractivity (Wildman–Crippen MR) is 77.7 cm³/mol. The number of rotatable bonds is 1. The van der Waals surface area contributed by atoms with Crippen molar-refractivity contribution in [3.05, 3.63) is 59.4 Å². The number of carbonyl (C=O) groups excluding carboxylic acids is 1. The number of imidazole rings is 1. The first kappa shape index (κ1) is 11.7. The normalized spacial score (nSPS) is 16.5. The highest BCUT2D eigenvalue weighted by molar-refractivity contribution is 6.05. The van der Waals surface area contributed by atoms with Crippen molar-refractivity contribution < 1.29 is 4.79 Å². The molecule has 2 N–H and O–H groups in total. The predicted octanol–water partition coefficient (Wildman–Crippen LogP) is 2.52. The highest BCUT2D eigenvalue weighted by Gasteiger charge is 2.34. The van der Waals surface area contributed by atoms with Gasteiger partial charge in [-0.3, -0.25) is 4.79 Å². The third kappa shape index (κ3) is 1.70. The average Bonchev–Trinajstić information content (AvgIpc) is 3.05. The van der Waals surface area contributed by atoms with Gasteiger partial charge in [-0.25, -0.2) is 4.98 Å². The number of nitriles is 1. The van der Waals surface area contributed by atoms with Crippen LogP contribution in [0.1, 0.15) is 22.9 Å². The summed E-state index contributed by atoms with van der Waals surface area (Å²) in [6.45, 7) is 0. The Kier molecular flexibility index (Phi) is 2.33. The molecule has 4 rings (SSSR count). The number of nitrogens with one attached hydrogen (secondary N) is 2. The highest BCUT2D eigenvalue weighted by Crippen LogP contribution is 2.37. The van der Waals surface area contributed by atoms with E-state index in [4.69, 9.17) is 5.26 Å². The van der Waals surface area contributed by atoms with Crippen molar-refractivity contribution in [2.24, 2.45) is 0 Å². The lowest BCUT2D eigenvalue weighted by atomic mass is 9.98. The van der Waals surface area contributed by atoms with Crippen molar-refractivity contribution in [3.8, 4) is 6.07 Å². The number of aromatic amines is 1. The second-order valence-corrected chi connectivity index (χ2v) is 4.98. The second kappa shape index (κ2) is 4.18. The SMILES string of the molecule is N#Cc1ccc2c(c1)C(c1nc3ccccc3[nH]1)C(=O)N2. The van der Waals surface area contributed by atoms with Gasteiger partial charge in [-0.05, 0) is 35.9 Å². The fourth-order valence-corrected chi connectivity index (χ4v) is 2.71. The van der Waals surface area contributed by atoms with E-state index in [9.17, 15) is 4.79 Å². The molecule has 5 nitrogen and oxygen atoms in total. The Hall–Kier alpha value is -3.13. The maximum absolute atomic E-state index is 12.3. The van der Waals surface area contributed by atoms with Crippen LogP contribution in [0.4, 0.5) is 5.69 Å². The molecule has 0 spiro atoms. The van der Waals surface area contributed by atoms with Gasteiger partial charge in [-0.2, -0.15) is 5.26 Å². The van der Waals surface area contributed by atoms with Crippen LogP contribution in [-0.4, -0.2) is 15.9 Å². The number of H-pyrrole nitrogens is 1. The third-order valence-electron chi connectivity index (χ3n) is 3.69. The molecule has 5 heteroatoms. The lowest BCUT2D eigenvalue weighted by molar-refractivity contribution is -0.116. The number of hydrogen-bond donors (Lipinski definition) is 2. The summed E-state index contributed by atoms with van der Waals surface area (Å²) in [5.41, 5.74) is 3.78. The number of para-hydroxylation sites is 2. The molecular weight excluding hydrogens is 264 g/mol. The van der Waals surface area contributed by atoms with Gasteiger partial charge < -0.3 is 10.3 Å². The monoisotopic (exact) mass is 274 g/mol. The topological polar surface area (TPSA) is 81.6 Å². The van der Waals surface area contributed by atoms with Crippen molar-refractivity contribution in [1.29, 1.82) is 5.26 Å². The summed E-state index contributed by atoms with van der Waals surface area (Å²) < 4.78 is 0. The van der Waals surface area contributed by atoms with E-state index in [1.807, 2.05) is 24.3 Å². The van der Waals surface area contributed by atoms with Gasteiger partial charge in [0.15, 0.2) is 0 Å². The number of nitrogens with zero attached hydrogens (tertiary/aromatic N) is 2. The molecular formula is C16H10N4O. The number of hydrogen-bond acceptors (Lipinski definition) is 3. The summed E-state index contributed by atoms with van der Waals surface area (Å²) >= 11 is 0. The number of carbonyl (C=O) groups is 1. The fraction of sp³-hybridized carbons (Fsp3) is 0.0625. The number of benzene rings is 2. The second-order valence-electron chi connectivity index (χ2n) is 4.98. The first-order chi connectivity index (χ1) is 10.3. The molecule has 1 aliphatic heterocycles. The molecule has 0 fully saturated rings. The molecule has 0 saturated heterocycles. The Morgan fingerprint density at radius 3 is 2.86 bits per heavy atom. The number of amides is 1. The summed E-state index contributed by atoms with van der Waals surface area (Å²) in [4.78, 5) is 19.9. The van der Waals surface area contributed by atoms with Gasteiger partial charge in [0, 0.05) is 5.69 Å². The van der Waals surface area contributed by atoms with Crippen molar-refractivity contribution in [2.75, 3.05) is 5.32 Å². The maximum Gasteiger partial charge on any atom is 0.239 e.